The lowest BCUT2D eigenvalue weighted by atomic mass is 10.1. The summed E-state index contributed by atoms with van der Waals surface area (Å²) in [6.45, 7) is 5.69. The molecule has 0 radical (unpaired) electrons. The monoisotopic (exact) mass is 438 g/mol. The Labute approximate surface area is 188 Å². The predicted molar refractivity (Wildman–Crippen MR) is 123 cm³/mol. The molecule has 2 aliphatic rings. The SMILES string of the molecule is COCCN1CCN(CC(=O)Nc2ccc([C@@H]3NC(=O)c4cccnc4N3C)cc2)CC1. The molecule has 0 aliphatic carbocycles. The highest BCUT2D eigenvalue weighted by Gasteiger charge is 2.30. The normalized spacial score (nSPS) is 19.4. The van der Waals surface area contributed by atoms with Crippen molar-refractivity contribution >= 4 is 23.3 Å². The maximum atomic E-state index is 12.5. The van der Waals surface area contributed by atoms with Crippen LogP contribution in [0.4, 0.5) is 11.5 Å². The molecular formula is C23H30N6O3. The van der Waals surface area contributed by atoms with E-state index in [1.165, 1.54) is 0 Å². The predicted octanol–water partition coefficient (Wildman–Crippen LogP) is 1.16. The Kier molecular flexibility index (Phi) is 6.99. The van der Waals surface area contributed by atoms with E-state index in [9.17, 15) is 9.59 Å². The zero-order valence-corrected chi connectivity index (χ0v) is 18.6. The fraction of sp³-hybridized carbons (Fsp3) is 0.435. The summed E-state index contributed by atoms with van der Waals surface area (Å²) >= 11 is 0. The number of aromatic nitrogens is 1. The van der Waals surface area contributed by atoms with E-state index in [2.05, 4.69) is 25.4 Å². The summed E-state index contributed by atoms with van der Waals surface area (Å²) < 4.78 is 5.13. The molecule has 9 heteroatoms. The van der Waals surface area contributed by atoms with Gasteiger partial charge in [0.1, 0.15) is 12.0 Å². The smallest absolute Gasteiger partial charge is 0.256 e. The van der Waals surface area contributed by atoms with E-state index in [1.807, 2.05) is 36.2 Å². The van der Waals surface area contributed by atoms with Gasteiger partial charge in [-0.15, -0.1) is 0 Å². The number of amides is 2. The van der Waals surface area contributed by atoms with Crippen LogP contribution < -0.4 is 15.5 Å². The van der Waals surface area contributed by atoms with Crippen LogP contribution >= 0.6 is 0 Å². The van der Waals surface area contributed by atoms with Crippen LogP contribution in [0.25, 0.3) is 0 Å². The highest BCUT2D eigenvalue weighted by atomic mass is 16.5. The van der Waals surface area contributed by atoms with Crippen molar-refractivity contribution in [2.24, 2.45) is 0 Å². The molecule has 1 saturated heterocycles. The van der Waals surface area contributed by atoms with E-state index in [4.69, 9.17) is 4.74 Å². The first-order valence-corrected chi connectivity index (χ1v) is 10.9. The van der Waals surface area contributed by atoms with Crippen molar-refractivity contribution in [2.45, 2.75) is 6.17 Å². The summed E-state index contributed by atoms with van der Waals surface area (Å²) in [5.41, 5.74) is 2.22. The third-order valence-corrected chi connectivity index (χ3v) is 5.97. The fourth-order valence-corrected chi connectivity index (χ4v) is 4.13. The Balaban J connectivity index is 1.31. The maximum Gasteiger partial charge on any atom is 0.256 e. The molecule has 1 atom stereocenters. The van der Waals surface area contributed by atoms with E-state index < -0.39 is 0 Å². The van der Waals surface area contributed by atoms with Crippen LogP contribution in [-0.2, 0) is 9.53 Å². The highest BCUT2D eigenvalue weighted by molar-refractivity contribution is 6.01. The summed E-state index contributed by atoms with van der Waals surface area (Å²) in [4.78, 5) is 35.7. The van der Waals surface area contributed by atoms with Gasteiger partial charge in [-0.1, -0.05) is 12.1 Å². The molecule has 2 aliphatic heterocycles. The van der Waals surface area contributed by atoms with Gasteiger partial charge in [-0.3, -0.25) is 19.4 Å². The number of ether oxygens (including phenoxy) is 1. The molecule has 1 fully saturated rings. The number of anilines is 2. The van der Waals surface area contributed by atoms with E-state index in [0.29, 0.717) is 17.9 Å². The Hall–Kier alpha value is -3.01. The van der Waals surface area contributed by atoms with Gasteiger partial charge in [-0.05, 0) is 29.8 Å². The average molecular weight is 439 g/mol. The topological polar surface area (TPSA) is 90.0 Å². The summed E-state index contributed by atoms with van der Waals surface area (Å²) in [5.74, 6) is 0.487. The summed E-state index contributed by atoms with van der Waals surface area (Å²) in [6, 6.07) is 11.1. The lowest BCUT2D eigenvalue weighted by Gasteiger charge is -2.35. The van der Waals surface area contributed by atoms with E-state index in [0.717, 1.165) is 50.6 Å². The van der Waals surface area contributed by atoms with Crippen molar-refractivity contribution in [3.05, 3.63) is 53.7 Å². The van der Waals surface area contributed by atoms with Crippen molar-refractivity contribution in [2.75, 3.05) is 70.2 Å². The van der Waals surface area contributed by atoms with Gasteiger partial charge in [0, 0.05) is 58.8 Å². The molecule has 1 aromatic carbocycles. The van der Waals surface area contributed by atoms with E-state index >= 15 is 0 Å². The number of hydrogen-bond acceptors (Lipinski definition) is 7. The number of nitrogens with zero attached hydrogens (tertiary/aromatic N) is 4. The van der Waals surface area contributed by atoms with Crippen LogP contribution in [0.3, 0.4) is 0 Å². The molecule has 4 rings (SSSR count). The Bertz CT molecular complexity index is 943. The van der Waals surface area contributed by atoms with E-state index in [1.54, 1.807) is 25.4 Å². The first kappa shape index (κ1) is 22.2. The number of methoxy groups -OCH3 is 1. The number of pyridine rings is 1. The third-order valence-electron chi connectivity index (χ3n) is 5.97. The molecule has 2 aromatic rings. The second-order valence-electron chi connectivity index (χ2n) is 8.14. The van der Waals surface area contributed by atoms with E-state index in [-0.39, 0.29) is 18.0 Å². The molecule has 3 heterocycles. The lowest BCUT2D eigenvalue weighted by molar-refractivity contribution is -0.117. The van der Waals surface area contributed by atoms with Crippen molar-refractivity contribution in [1.29, 1.82) is 0 Å². The Morgan fingerprint density at radius 3 is 2.59 bits per heavy atom. The number of carbonyl (C=O) groups excluding carboxylic acids is 2. The first-order chi connectivity index (χ1) is 15.5. The van der Waals surface area contributed by atoms with Crippen molar-refractivity contribution in [3.63, 3.8) is 0 Å². The second kappa shape index (κ2) is 10.1. The third kappa shape index (κ3) is 5.07. The minimum atomic E-state index is -0.316. The number of rotatable bonds is 7. The number of piperazine rings is 1. The average Bonchev–Trinajstić information content (AvgIpc) is 2.81. The molecule has 0 saturated carbocycles. The van der Waals surface area contributed by atoms with Crippen LogP contribution in [0, 0.1) is 0 Å². The van der Waals surface area contributed by atoms with Gasteiger partial charge < -0.3 is 20.3 Å². The van der Waals surface area contributed by atoms with Gasteiger partial charge in [0.2, 0.25) is 5.91 Å². The minimum absolute atomic E-state index is 0.0238. The summed E-state index contributed by atoms with van der Waals surface area (Å²) in [6.07, 6.45) is 1.37. The highest BCUT2D eigenvalue weighted by Crippen LogP contribution is 2.30. The molecule has 0 spiro atoms. The number of benzene rings is 1. The van der Waals surface area contributed by atoms with Crippen LogP contribution in [0.5, 0.6) is 0 Å². The van der Waals surface area contributed by atoms with Crippen LogP contribution in [0.15, 0.2) is 42.6 Å². The largest absolute Gasteiger partial charge is 0.383 e. The fourth-order valence-electron chi connectivity index (χ4n) is 4.13. The Morgan fingerprint density at radius 2 is 1.88 bits per heavy atom. The van der Waals surface area contributed by atoms with Gasteiger partial charge in [0.05, 0.1) is 18.7 Å². The zero-order valence-electron chi connectivity index (χ0n) is 18.6. The number of hydrogen-bond donors (Lipinski definition) is 2. The van der Waals surface area contributed by atoms with Crippen LogP contribution in [0.1, 0.15) is 22.1 Å². The van der Waals surface area contributed by atoms with Crippen molar-refractivity contribution in [3.8, 4) is 0 Å². The molecule has 9 nitrogen and oxygen atoms in total. The number of nitrogens with one attached hydrogen (secondary N) is 2. The van der Waals surface area contributed by atoms with Crippen LogP contribution in [-0.4, -0.2) is 86.6 Å². The molecule has 2 N–H and O–H groups in total. The lowest BCUT2D eigenvalue weighted by Crippen LogP contribution is -2.49. The second-order valence-corrected chi connectivity index (χ2v) is 8.14. The minimum Gasteiger partial charge on any atom is -0.383 e. The standard InChI is InChI=1S/C23H30N6O3/c1-27-21(26-23(31)19-4-3-9-24-22(19)27)17-5-7-18(8-6-17)25-20(30)16-29-12-10-28(11-13-29)14-15-32-2/h3-9,21H,10-16H2,1-2H3,(H,25,30)(H,26,31)/t21-/m1/s1. The van der Waals surface area contributed by atoms with Crippen molar-refractivity contribution in [1.82, 2.24) is 20.1 Å². The molecule has 32 heavy (non-hydrogen) atoms. The van der Waals surface area contributed by atoms with Gasteiger partial charge >= 0.3 is 0 Å². The molecule has 0 unspecified atom stereocenters. The summed E-state index contributed by atoms with van der Waals surface area (Å²) in [5, 5.41) is 5.98. The van der Waals surface area contributed by atoms with Crippen LogP contribution in [0.2, 0.25) is 0 Å². The van der Waals surface area contributed by atoms with Gasteiger partial charge in [-0.25, -0.2) is 4.98 Å². The molecule has 1 aromatic heterocycles. The first-order valence-electron chi connectivity index (χ1n) is 10.9. The number of carbonyl (C=O) groups is 2. The molecular weight excluding hydrogens is 408 g/mol. The molecule has 2 amide bonds. The summed E-state index contributed by atoms with van der Waals surface area (Å²) in [7, 11) is 3.62. The van der Waals surface area contributed by atoms with Gasteiger partial charge in [0.25, 0.3) is 5.91 Å². The quantitative estimate of drug-likeness (QED) is 0.671. The molecule has 170 valence electrons. The van der Waals surface area contributed by atoms with Gasteiger partial charge in [0.15, 0.2) is 0 Å². The zero-order chi connectivity index (χ0) is 22.5. The maximum absolute atomic E-state index is 12.5. The Morgan fingerprint density at radius 1 is 1.16 bits per heavy atom. The van der Waals surface area contributed by atoms with Gasteiger partial charge in [-0.2, -0.15) is 0 Å². The van der Waals surface area contributed by atoms with Crippen molar-refractivity contribution < 1.29 is 14.3 Å². The number of fused-ring (bicyclic) bond motifs is 1. The molecule has 0 bridgehead atoms.